The van der Waals surface area contributed by atoms with Crippen molar-refractivity contribution in [1.29, 1.82) is 0 Å². The molecule has 0 unspecified atom stereocenters. The van der Waals surface area contributed by atoms with E-state index < -0.39 is 0 Å². The Morgan fingerprint density at radius 1 is 0.875 bits per heavy atom. The van der Waals surface area contributed by atoms with Crippen LogP contribution in [0.4, 0.5) is 5.69 Å². The summed E-state index contributed by atoms with van der Waals surface area (Å²) in [6.45, 7) is 0. The molecule has 76 valence electrons. The van der Waals surface area contributed by atoms with Crippen molar-refractivity contribution in [3.63, 3.8) is 0 Å². The fourth-order valence-corrected chi connectivity index (χ4v) is 1.41. The Bertz CT molecular complexity index is 518. The summed E-state index contributed by atoms with van der Waals surface area (Å²) in [7, 11) is 0. The lowest BCUT2D eigenvalue weighted by Crippen LogP contribution is -1.95. The number of benzene rings is 2. The van der Waals surface area contributed by atoms with E-state index in [-0.39, 0.29) is 0 Å². The monoisotopic (exact) mass is 205 g/mol. The molecule has 1 heteroatoms. The zero-order valence-electron chi connectivity index (χ0n) is 8.80. The van der Waals surface area contributed by atoms with Crippen LogP contribution in [0.1, 0.15) is 5.56 Å². The van der Waals surface area contributed by atoms with E-state index in [1.807, 2.05) is 60.7 Å². The van der Waals surface area contributed by atoms with Gasteiger partial charge in [-0.2, -0.15) is 0 Å². The van der Waals surface area contributed by atoms with Crippen molar-refractivity contribution in [3.05, 3.63) is 66.2 Å². The summed E-state index contributed by atoms with van der Waals surface area (Å²) >= 11 is 0. The Balaban J connectivity index is 2.39. The van der Waals surface area contributed by atoms with Gasteiger partial charge >= 0.3 is 0 Å². The SMILES string of the molecule is C#CC(=Nc1ccccc1)c1ccccc1. The van der Waals surface area contributed by atoms with Crippen LogP contribution >= 0.6 is 0 Å². The molecule has 0 saturated carbocycles. The highest BCUT2D eigenvalue weighted by Crippen LogP contribution is 2.12. The molecule has 0 N–H and O–H groups in total. The normalized spacial score (nSPS) is 10.8. The zero-order valence-corrected chi connectivity index (χ0v) is 8.80. The van der Waals surface area contributed by atoms with E-state index in [1.165, 1.54) is 0 Å². The van der Waals surface area contributed by atoms with Crippen molar-refractivity contribution < 1.29 is 0 Å². The Morgan fingerprint density at radius 3 is 2.00 bits per heavy atom. The maximum Gasteiger partial charge on any atom is 0.120 e. The fourth-order valence-electron chi connectivity index (χ4n) is 1.41. The van der Waals surface area contributed by atoms with E-state index in [0.29, 0.717) is 5.71 Å². The van der Waals surface area contributed by atoms with Crippen molar-refractivity contribution >= 4 is 11.4 Å². The minimum atomic E-state index is 0.659. The smallest absolute Gasteiger partial charge is 0.120 e. The predicted molar refractivity (Wildman–Crippen MR) is 67.9 cm³/mol. The van der Waals surface area contributed by atoms with Crippen molar-refractivity contribution in [2.24, 2.45) is 4.99 Å². The van der Waals surface area contributed by atoms with E-state index in [2.05, 4.69) is 10.9 Å². The Kier molecular flexibility index (Phi) is 3.15. The number of hydrogen-bond donors (Lipinski definition) is 0. The van der Waals surface area contributed by atoms with Gasteiger partial charge in [-0.1, -0.05) is 48.5 Å². The molecule has 0 aliphatic heterocycles. The molecule has 0 spiro atoms. The van der Waals surface area contributed by atoms with Gasteiger partial charge in [0.05, 0.1) is 5.69 Å². The molecule has 0 saturated heterocycles. The van der Waals surface area contributed by atoms with E-state index in [1.54, 1.807) is 0 Å². The van der Waals surface area contributed by atoms with Crippen LogP contribution in [0.3, 0.4) is 0 Å². The summed E-state index contributed by atoms with van der Waals surface area (Å²) in [6, 6.07) is 19.5. The van der Waals surface area contributed by atoms with Crippen LogP contribution in [0.15, 0.2) is 65.7 Å². The molecule has 0 atom stereocenters. The fraction of sp³-hybridized carbons (Fsp3) is 0. The van der Waals surface area contributed by atoms with Gasteiger partial charge in [0.15, 0.2) is 0 Å². The second kappa shape index (κ2) is 4.95. The first-order valence-electron chi connectivity index (χ1n) is 5.06. The minimum Gasteiger partial charge on any atom is -0.239 e. The lowest BCUT2D eigenvalue weighted by Gasteiger charge is -1.99. The summed E-state index contributed by atoms with van der Waals surface area (Å²) in [5.74, 6) is 2.62. The Labute approximate surface area is 95.5 Å². The van der Waals surface area contributed by atoms with Gasteiger partial charge in [0, 0.05) is 5.56 Å². The number of terminal acetylenes is 1. The number of rotatable bonds is 2. The molecule has 0 aliphatic rings. The van der Waals surface area contributed by atoms with Crippen LogP contribution in [-0.2, 0) is 0 Å². The van der Waals surface area contributed by atoms with Gasteiger partial charge in [0.2, 0.25) is 0 Å². The van der Waals surface area contributed by atoms with Gasteiger partial charge in [-0.05, 0) is 18.1 Å². The first-order valence-corrected chi connectivity index (χ1v) is 5.06. The number of para-hydroxylation sites is 1. The summed E-state index contributed by atoms with van der Waals surface area (Å²) in [4.78, 5) is 4.43. The topological polar surface area (TPSA) is 12.4 Å². The average molecular weight is 205 g/mol. The molecule has 2 rings (SSSR count). The van der Waals surface area contributed by atoms with Crippen molar-refractivity contribution in [1.82, 2.24) is 0 Å². The first-order chi connectivity index (χ1) is 7.90. The maximum absolute atomic E-state index is 5.47. The van der Waals surface area contributed by atoms with Crippen LogP contribution in [0.2, 0.25) is 0 Å². The summed E-state index contributed by atoms with van der Waals surface area (Å²) in [6.07, 6.45) is 5.47. The molecular weight excluding hydrogens is 194 g/mol. The highest BCUT2D eigenvalue weighted by molar-refractivity contribution is 6.13. The van der Waals surface area contributed by atoms with Crippen molar-refractivity contribution in [2.45, 2.75) is 0 Å². The third kappa shape index (κ3) is 2.37. The van der Waals surface area contributed by atoms with Crippen LogP contribution in [0.5, 0.6) is 0 Å². The lowest BCUT2D eigenvalue weighted by atomic mass is 10.1. The van der Waals surface area contributed by atoms with Crippen molar-refractivity contribution in [3.8, 4) is 12.3 Å². The van der Waals surface area contributed by atoms with Gasteiger partial charge < -0.3 is 0 Å². The molecular formula is C15H11N. The van der Waals surface area contributed by atoms with Crippen LogP contribution in [0.25, 0.3) is 0 Å². The number of hydrogen-bond acceptors (Lipinski definition) is 1. The van der Waals surface area contributed by atoms with E-state index in [0.717, 1.165) is 11.3 Å². The van der Waals surface area contributed by atoms with Gasteiger partial charge in [-0.25, -0.2) is 4.99 Å². The quantitative estimate of drug-likeness (QED) is 0.526. The molecule has 2 aromatic rings. The summed E-state index contributed by atoms with van der Waals surface area (Å²) in [5, 5.41) is 0. The molecule has 16 heavy (non-hydrogen) atoms. The molecule has 1 nitrogen and oxygen atoms in total. The minimum absolute atomic E-state index is 0.659. The standard InChI is InChI=1S/C15H11N/c1-2-15(13-9-5-3-6-10-13)16-14-11-7-4-8-12-14/h1,3-12H. The van der Waals surface area contributed by atoms with E-state index in [4.69, 9.17) is 6.42 Å². The van der Waals surface area contributed by atoms with Crippen LogP contribution < -0.4 is 0 Å². The van der Waals surface area contributed by atoms with Crippen LogP contribution in [0, 0.1) is 12.3 Å². The summed E-state index contributed by atoms with van der Waals surface area (Å²) in [5.41, 5.74) is 2.50. The molecule has 0 heterocycles. The van der Waals surface area contributed by atoms with Crippen LogP contribution in [-0.4, -0.2) is 5.71 Å². The third-order valence-corrected chi connectivity index (χ3v) is 2.18. The average Bonchev–Trinajstić information content (AvgIpc) is 2.38. The zero-order chi connectivity index (χ0) is 11.2. The highest BCUT2D eigenvalue weighted by Gasteiger charge is 1.98. The Morgan fingerprint density at radius 2 is 1.44 bits per heavy atom. The van der Waals surface area contributed by atoms with Gasteiger partial charge in [-0.15, -0.1) is 6.42 Å². The lowest BCUT2D eigenvalue weighted by molar-refractivity contribution is 1.51. The second-order valence-corrected chi connectivity index (χ2v) is 3.31. The molecule has 0 aromatic heterocycles. The maximum atomic E-state index is 5.47. The molecule has 0 bridgehead atoms. The number of nitrogens with zero attached hydrogens (tertiary/aromatic N) is 1. The van der Waals surface area contributed by atoms with Crippen molar-refractivity contribution in [2.75, 3.05) is 0 Å². The molecule has 0 radical (unpaired) electrons. The van der Waals surface area contributed by atoms with E-state index >= 15 is 0 Å². The second-order valence-electron chi connectivity index (χ2n) is 3.31. The van der Waals surface area contributed by atoms with Gasteiger partial charge in [0.25, 0.3) is 0 Å². The Hall–Kier alpha value is -2.33. The summed E-state index contributed by atoms with van der Waals surface area (Å²) < 4.78 is 0. The predicted octanol–water partition coefficient (Wildman–Crippen LogP) is 3.44. The highest BCUT2D eigenvalue weighted by atomic mass is 14.7. The molecule has 0 fully saturated rings. The van der Waals surface area contributed by atoms with Gasteiger partial charge in [-0.3, -0.25) is 0 Å². The molecule has 0 amide bonds. The molecule has 0 aliphatic carbocycles. The first kappa shape index (κ1) is 10.2. The largest absolute Gasteiger partial charge is 0.239 e. The van der Waals surface area contributed by atoms with Gasteiger partial charge in [0.1, 0.15) is 5.71 Å². The number of aliphatic imine (C=N–C) groups is 1. The van der Waals surface area contributed by atoms with E-state index in [9.17, 15) is 0 Å². The third-order valence-electron chi connectivity index (χ3n) is 2.18. The molecule has 2 aromatic carbocycles.